The Bertz CT molecular complexity index is 2050. The molecule has 2 spiro atoms. The number of aryl methyl sites for hydroxylation is 1. The van der Waals surface area contributed by atoms with E-state index in [1.807, 2.05) is 25.1 Å². The summed E-state index contributed by atoms with van der Waals surface area (Å²) in [5.74, 6) is 0.0653. The van der Waals surface area contributed by atoms with E-state index in [-0.39, 0.29) is 45.7 Å². The highest BCUT2D eigenvalue weighted by atomic mass is 35.5. The van der Waals surface area contributed by atoms with Crippen molar-refractivity contribution >= 4 is 39.0 Å². The quantitative estimate of drug-likeness (QED) is 0.330. The molecule has 8 rings (SSSR count). The highest BCUT2D eigenvalue weighted by molar-refractivity contribution is 7.92. The van der Waals surface area contributed by atoms with E-state index < -0.39 is 21.7 Å². The number of methoxy groups -OCH3 is 2. The molecule has 7 atom stereocenters. The van der Waals surface area contributed by atoms with E-state index in [2.05, 4.69) is 48.2 Å². The maximum absolute atomic E-state index is 14.5. The van der Waals surface area contributed by atoms with Crippen LogP contribution in [0.2, 0.25) is 5.02 Å². The standard InChI is InChI=1S/C38H42ClN5O6S/c1-23-6-4-8-32(48-2)33-29-16-38(29,33)21-44-20-37(13-5-7-24-14-27(39)10-11-28(24)37)22-50-31-12-9-25(15-30(31)44)34(45)42-51(47,19-23)43-35(46)26-17-40-36(49-3)41-18-26/h4,8-12,14-15,17-18,23,29,32-33H,5-7,13,16,19-22H2,1-3H3,(H,42,43,45,46,47)/b8-4+/t23-,29?,32-,33-,37-,38+,51?/m0/s1. The first-order valence-corrected chi connectivity index (χ1v) is 19.6. The molecule has 1 aromatic heterocycles. The van der Waals surface area contributed by atoms with Crippen molar-refractivity contribution in [1.29, 1.82) is 0 Å². The van der Waals surface area contributed by atoms with Crippen LogP contribution in [0.1, 0.15) is 64.4 Å². The first kappa shape index (κ1) is 34.1. The Hall–Kier alpha value is -4.00. The Morgan fingerprint density at radius 3 is 2.73 bits per heavy atom. The topological polar surface area (TPSA) is 132 Å². The first-order valence-electron chi connectivity index (χ1n) is 17.5. The number of hydrogen-bond acceptors (Lipinski definition) is 9. The van der Waals surface area contributed by atoms with E-state index in [1.165, 1.54) is 30.6 Å². The molecule has 0 saturated heterocycles. The number of amides is 2. The lowest BCUT2D eigenvalue weighted by atomic mass is 9.70. The number of ether oxygens (including phenoxy) is 3. The van der Waals surface area contributed by atoms with Gasteiger partial charge in [-0.05, 0) is 96.7 Å². The van der Waals surface area contributed by atoms with Crippen LogP contribution in [0.3, 0.4) is 0 Å². The largest absolute Gasteiger partial charge is 0.490 e. The minimum absolute atomic E-state index is 0.0361. The number of aromatic nitrogens is 2. The van der Waals surface area contributed by atoms with Crippen LogP contribution >= 0.6 is 11.6 Å². The van der Waals surface area contributed by atoms with Crippen LogP contribution in [0.4, 0.5) is 5.69 Å². The number of rotatable bonds is 4. The van der Waals surface area contributed by atoms with Crippen molar-refractivity contribution in [1.82, 2.24) is 14.7 Å². The lowest BCUT2D eigenvalue weighted by Gasteiger charge is -2.41. The fraction of sp³-hybridized carbons (Fsp3) is 0.474. The van der Waals surface area contributed by atoms with Gasteiger partial charge in [0.2, 0.25) is 0 Å². The van der Waals surface area contributed by atoms with Crippen LogP contribution in [0.25, 0.3) is 0 Å². The van der Waals surface area contributed by atoms with Gasteiger partial charge in [-0.1, -0.05) is 36.7 Å². The highest BCUT2D eigenvalue weighted by Gasteiger charge is 2.80. The number of halogens is 1. The van der Waals surface area contributed by atoms with Gasteiger partial charge in [-0.15, -0.1) is 4.36 Å². The van der Waals surface area contributed by atoms with E-state index in [0.29, 0.717) is 37.2 Å². The van der Waals surface area contributed by atoms with Crippen molar-refractivity contribution in [3.8, 4) is 11.8 Å². The Kier molecular flexibility index (Phi) is 8.62. The van der Waals surface area contributed by atoms with Gasteiger partial charge >= 0.3 is 6.01 Å². The van der Waals surface area contributed by atoms with Gasteiger partial charge in [0, 0.05) is 48.6 Å². The van der Waals surface area contributed by atoms with E-state index in [1.54, 1.807) is 13.2 Å². The monoisotopic (exact) mass is 731 g/mol. The summed E-state index contributed by atoms with van der Waals surface area (Å²) in [6.07, 6.45) is 11.4. The van der Waals surface area contributed by atoms with E-state index in [9.17, 15) is 13.8 Å². The van der Waals surface area contributed by atoms with Crippen molar-refractivity contribution in [2.75, 3.05) is 44.6 Å². The third-order valence-corrected chi connectivity index (χ3v) is 13.7. The van der Waals surface area contributed by atoms with Gasteiger partial charge in [0.1, 0.15) is 15.7 Å². The molecule has 3 aromatic rings. The minimum Gasteiger partial charge on any atom is -0.490 e. The number of allylic oxidation sites excluding steroid dienone is 1. The molecule has 2 fully saturated rings. The van der Waals surface area contributed by atoms with Crippen LogP contribution in [0.15, 0.2) is 65.3 Å². The number of hydrogen-bond donors (Lipinski definition) is 1. The van der Waals surface area contributed by atoms with E-state index in [0.717, 1.165) is 42.9 Å². The van der Waals surface area contributed by atoms with Crippen molar-refractivity contribution in [2.24, 2.45) is 27.5 Å². The number of carbonyl (C=O) groups is 2. The third-order valence-electron chi connectivity index (χ3n) is 11.5. The van der Waals surface area contributed by atoms with Crippen molar-refractivity contribution in [2.45, 2.75) is 50.5 Å². The molecule has 3 aliphatic carbocycles. The van der Waals surface area contributed by atoms with Crippen LogP contribution in [-0.4, -0.2) is 71.8 Å². The Morgan fingerprint density at radius 1 is 1.14 bits per heavy atom. The average molecular weight is 732 g/mol. The van der Waals surface area contributed by atoms with Gasteiger partial charge in [-0.2, -0.15) is 0 Å². The SMILES string of the molecule is COc1ncc(C(=O)NS2(=O)=NC(=O)c3ccc4c(c3)N(C[C@@]3(CCCc5cc(Cl)ccc53)CO4)C[C@]34CC3[C@H]4[C@@H](OC)/C=C/C[C@H](C)C2)cn1. The number of benzene rings is 2. The second kappa shape index (κ2) is 12.9. The predicted molar refractivity (Wildman–Crippen MR) is 194 cm³/mol. The zero-order chi connectivity index (χ0) is 35.5. The summed E-state index contributed by atoms with van der Waals surface area (Å²) in [7, 11) is -0.403. The summed E-state index contributed by atoms with van der Waals surface area (Å²) < 4.78 is 39.0. The van der Waals surface area contributed by atoms with Crippen molar-refractivity contribution < 1.29 is 28.0 Å². The summed E-state index contributed by atoms with van der Waals surface area (Å²) in [6.45, 7) is 3.95. The van der Waals surface area contributed by atoms with Crippen LogP contribution in [0.5, 0.6) is 11.8 Å². The maximum Gasteiger partial charge on any atom is 0.316 e. The molecule has 11 nitrogen and oxygen atoms in total. The fourth-order valence-corrected chi connectivity index (χ4v) is 10.9. The van der Waals surface area contributed by atoms with Crippen molar-refractivity contribution in [3.05, 3.63) is 88.2 Å². The normalized spacial score (nSPS) is 32.9. The van der Waals surface area contributed by atoms with Crippen LogP contribution in [-0.2, 0) is 26.5 Å². The number of nitrogens with one attached hydrogen (secondary N) is 1. The van der Waals surface area contributed by atoms with Gasteiger partial charge in [-0.3, -0.25) is 14.3 Å². The van der Waals surface area contributed by atoms with Gasteiger partial charge in [0.05, 0.1) is 36.8 Å². The third kappa shape index (κ3) is 6.29. The summed E-state index contributed by atoms with van der Waals surface area (Å²) in [4.78, 5) is 37.7. The summed E-state index contributed by atoms with van der Waals surface area (Å²) in [6, 6.07) is 11.6. The van der Waals surface area contributed by atoms with Crippen LogP contribution in [0, 0.1) is 23.2 Å². The minimum atomic E-state index is -3.58. The zero-order valence-electron chi connectivity index (χ0n) is 29.0. The lowest BCUT2D eigenvalue weighted by Crippen LogP contribution is -2.47. The van der Waals surface area contributed by atoms with Gasteiger partial charge in [-0.25, -0.2) is 14.2 Å². The molecule has 2 bridgehead atoms. The maximum atomic E-state index is 14.5. The van der Waals surface area contributed by atoms with Gasteiger partial charge in [0.25, 0.3) is 11.8 Å². The Balaban J connectivity index is 1.19. The summed E-state index contributed by atoms with van der Waals surface area (Å²) >= 11 is 6.46. The Labute approximate surface area is 303 Å². The molecule has 2 amide bonds. The molecule has 2 aliphatic heterocycles. The number of fused-ring (bicyclic) bond motifs is 4. The number of anilines is 1. The number of nitrogens with zero attached hydrogens (tertiary/aromatic N) is 4. The molecular formula is C38H42ClN5O6S. The number of carbonyl (C=O) groups excluding carboxylic acids is 2. The fourth-order valence-electron chi connectivity index (χ4n) is 8.76. The smallest absolute Gasteiger partial charge is 0.316 e. The van der Waals surface area contributed by atoms with E-state index >= 15 is 0 Å². The summed E-state index contributed by atoms with van der Waals surface area (Å²) in [5, 5.41) is 0.735. The molecule has 2 saturated carbocycles. The van der Waals surface area contributed by atoms with E-state index in [4.69, 9.17) is 25.8 Å². The molecule has 2 aromatic carbocycles. The van der Waals surface area contributed by atoms with Gasteiger partial charge < -0.3 is 19.1 Å². The molecule has 5 aliphatic rings. The molecule has 13 heteroatoms. The molecule has 2 unspecified atom stereocenters. The second-order valence-corrected chi connectivity index (χ2v) is 17.3. The molecule has 51 heavy (non-hydrogen) atoms. The molecule has 0 radical (unpaired) electrons. The molecular weight excluding hydrogens is 690 g/mol. The molecule has 3 heterocycles. The first-order chi connectivity index (χ1) is 24.5. The summed E-state index contributed by atoms with van der Waals surface area (Å²) in [5.41, 5.74) is 3.55. The highest BCUT2D eigenvalue weighted by Crippen LogP contribution is 2.81. The predicted octanol–water partition coefficient (Wildman–Crippen LogP) is 5.81. The lowest BCUT2D eigenvalue weighted by molar-refractivity contribution is 0.0963. The van der Waals surface area contributed by atoms with Crippen molar-refractivity contribution in [3.63, 3.8) is 0 Å². The zero-order valence-corrected chi connectivity index (χ0v) is 30.5. The Morgan fingerprint density at radius 2 is 1.96 bits per heavy atom. The molecule has 268 valence electrons. The van der Waals surface area contributed by atoms with Gasteiger partial charge in [0.15, 0.2) is 0 Å². The van der Waals surface area contributed by atoms with Crippen LogP contribution < -0.4 is 19.1 Å². The second-order valence-electron chi connectivity index (χ2n) is 14.9. The average Bonchev–Trinajstić information content (AvgIpc) is 4.00. The molecule has 1 N–H and O–H groups in total.